The summed E-state index contributed by atoms with van der Waals surface area (Å²) in [6.45, 7) is 1.95. The van der Waals surface area contributed by atoms with Crippen molar-refractivity contribution in [2.45, 2.75) is 19.8 Å². The van der Waals surface area contributed by atoms with Gasteiger partial charge in [-0.1, -0.05) is 13.3 Å². The Morgan fingerprint density at radius 1 is 1.26 bits per heavy atom. The molecule has 0 fully saturated rings. The van der Waals surface area contributed by atoms with Gasteiger partial charge >= 0.3 is 5.97 Å². The summed E-state index contributed by atoms with van der Waals surface area (Å²) < 4.78 is 12.8. The van der Waals surface area contributed by atoms with E-state index in [4.69, 9.17) is 5.11 Å². The monoisotopic (exact) mass is 260 g/mol. The topological polar surface area (TPSA) is 63.1 Å². The first-order valence-corrected chi connectivity index (χ1v) is 5.97. The van der Waals surface area contributed by atoms with Crippen molar-refractivity contribution in [1.29, 1.82) is 0 Å². The molecule has 0 aliphatic carbocycles. The third kappa shape index (κ3) is 2.93. The molecule has 0 aromatic carbocycles. The molecule has 19 heavy (non-hydrogen) atoms. The molecule has 0 radical (unpaired) electrons. The fourth-order valence-corrected chi connectivity index (χ4v) is 1.79. The summed E-state index contributed by atoms with van der Waals surface area (Å²) in [4.78, 5) is 19.3. The van der Waals surface area contributed by atoms with E-state index in [1.165, 1.54) is 18.2 Å². The molecule has 0 aliphatic rings. The van der Waals surface area contributed by atoms with E-state index >= 15 is 0 Å². The first-order valence-electron chi connectivity index (χ1n) is 5.97. The van der Waals surface area contributed by atoms with Crippen LogP contribution in [0.3, 0.4) is 0 Å². The van der Waals surface area contributed by atoms with E-state index in [9.17, 15) is 9.18 Å². The second-order valence-electron chi connectivity index (χ2n) is 4.11. The van der Waals surface area contributed by atoms with Crippen LogP contribution in [0.5, 0.6) is 0 Å². The fraction of sp³-hybridized carbons (Fsp3) is 0.214. The largest absolute Gasteiger partial charge is 0.478 e. The van der Waals surface area contributed by atoms with Crippen LogP contribution in [0.4, 0.5) is 4.39 Å². The Balaban J connectivity index is 2.45. The van der Waals surface area contributed by atoms with Crippen LogP contribution in [0.25, 0.3) is 11.4 Å². The molecule has 0 bridgehead atoms. The molecule has 0 saturated carbocycles. The first kappa shape index (κ1) is 13.1. The number of rotatable bonds is 4. The standard InChI is InChI=1S/C14H13FN2O2/c1-2-3-11-10(14(18)19)5-7-13(17-11)12-6-4-9(15)8-16-12/h4-8H,2-3H2,1H3,(H,18,19). The van der Waals surface area contributed by atoms with Gasteiger partial charge in [-0.15, -0.1) is 0 Å². The number of carbonyl (C=O) groups is 1. The van der Waals surface area contributed by atoms with Crippen molar-refractivity contribution in [1.82, 2.24) is 9.97 Å². The second-order valence-corrected chi connectivity index (χ2v) is 4.11. The van der Waals surface area contributed by atoms with Crippen molar-refractivity contribution >= 4 is 5.97 Å². The maximum atomic E-state index is 12.8. The van der Waals surface area contributed by atoms with Gasteiger partial charge in [0.2, 0.25) is 0 Å². The van der Waals surface area contributed by atoms with Gasteiger partial charge in [0, 0.05) is 0 Å². The van der Waals surface area contributed by atoms with Crippen LogP contribution in [-0.2, 0) is 6.42 Å². The summed E-state index contributed by atoms with van der Waals surface area (Å²) in [7, 11) is 0. The Bertz CT molecular complexity index is 597. The van der Waals surface area contributed by atoms with Crippen LogP contribution in [0, 0.1) is 5.82 Å². The molecule has 0 aliphatic heterocycles. The Morgan fingerprint density at radius 2 is 2.00 bits per heavy atom. The van der Waals surface area contributed by atoms with E-state index < -0.39 is 11.8 Å². The number of halogens is 1. The van der Waals surface area contributed by atoms with Crippen molar-refractivity contribution in [3.05, 3.63) is 47.5 Å². The quantitative estimate of drug-likeness (QED) is 0.918. The molecule has 1 N–H and O–H groups in total. The summed E-state index contributed by atoms with van der Waals surface area (Å²) in [6, 6.07) is 5.92. The Labute approximate surface area is 110 Å². The number of aromatic nitrogens is 2. The maximum absolute atomic E-state index is 12.8. The summed E-state index contributed by atoms with van der Waals surface area (Å²) in [5.41, 5.74) is 1.80. The molecule has 4 nitrogen and oxygen atoms in total. The van der Waals surface area contributed by atoms with E-state index in [1.54, 1.807) is 6.07 Å². The van der Waals surface area contributed by atoms with Crippen LogP contribution in [0.2, 0.25) is 0 Å². The molecule has 0 unspecified atom stereocenters. The molecular weight excluding hydrogens is 247 g/mol. The Morgan fingerprint density at radius 3 is 2.58 bits per heavy atom. The van der Waals surface area contributed by atoms with Gasteiger partial charge in [0.15, 0.2) is 0 Å². The number of aromatic carboxylic acids is 1. The van der Waals surface area contributed by atoms with E-state index in [1.807, 2.05) is 6.92 Å². The average molecular weight is 260 g/mol. The lowest BCUT2D eigenvalue weighted by atomic mass is 10.1. The van der Waals surface area contributed by atoms with Crippen molar-refractivity contribution in [3.8, 4) is 11.4 Å². The SMILES string of the molecule is CCCc1nc(-c2ccc(F)cn2)ccc1C(=O)O. The van der Waals surface area contributed by atoms with Gasteiger partial charge in [-0.3, -0.25) is 9.97 Å². The van der Waals surface area contributed by atoms with Gasteiger partial charge in [-0.2, -0.15) is 0 Å². The molecule has 2 rings (SSSR count). The number of hydrogen-bond donors (Lipinski definition) is 1. The Hall–Kier alpha value is -2.30. The summed E-state index contributed by atoms with van der Waals surface area (Å²) >= 11 is 0. The molecule has 2 aromatic heterocycles. The van der Waals surface area contributed by atoms with Gasteiger partial charge in [0.05, 0.1) is 28.8 Å². The minimum atomic E-state index is -0.991. The number of aryl methyl sites for hydroxylation is 1. The van der Waals surface area contributed by atoms with Gasteiger partial charge < -0.3 is 5.11 Å². The lowest BCUT2D eigenvalue weighted by Gasteiger charge is -2.07. The fourth-order valence-electron chi connectivity index (χ4n) is 1.79. The lowest BCUT2D eigenvalue weighted by molar-refractivity contribution is 0.0695. The van der Waals surface area contributed by atoms with Crippen molar-refractivity contribution in [2.75, 3.05) is 0 Å². The zero-order valence-electron chi connectivity index (χ0n) is 10.4. The molecule has 0 spiro atoms. The van der Waals surface area contributed by atoms with Crippen LogP contribution in [0.15, 0.2) is 30.5 Å². The van der Waals surface area contributed by atoms with Gasteiger partial charge in [0.1, 0.15) is 5.82 Å². The van der Waals surface area contributed by atoms with Crippen LogP contribution in [0.1, 0.15) is 29.4 Å². The van der Waals surface area contributed by atoms with Gasteiger partial charge in [0.25, 0.3) is 0 Å². The average Bonchev–Trinajstić information content (AvgIpc) is 2.39. The molecule has 98 valence electrons. The van der Waals surface area contributed by atoms with Crippen LogP contribution in [-0.4, -0.2) is 21.0 Å². The predicted octanol–water partition coefficient (Wildman–Crippen LogP) is 2.93. The molecular formula is C14H13FN2O2. The van der Waals surface area contributed by atoms with E-state index in [0.717, 1.165) is 12.6 Å². The first-order chi connectivity index (χ1) is 9.11. The number of pyridine rings is 2. The zero-order valence-corrected chi connectivity index (χ0v) is 10.4. The molecule has 0 atom stereocenters. The molecule has 2 aromatic rings. The Kier molecular flexibility index (Phi) is 3.85. The summed E-state index contributed by atoms with van der Waals surface area (Å²) in [5.74, 6) is -1.41. The highest BCUT2D eigenvalue weighted by Crippen LogP contribution is 2.18. The number of hydrogen-bond acceptors (Lipinski definition) is 3. The smallest absolute Gasteiger partial charge is 0.337 e. The highest BCUT2D eigenvalue weighted by Gasteiger charge is 2.12. The normalized spacial score (nSPS) is 10.4. The lowest BCUT2D eigenvalue weighted by Crippen LogP contribution is -2.06. The summed E-state index contributed by atoms with van der Waals surface area (Å²) in [6.07, 6.45) is 2.49. The van der Waals surface area contributed by atoms with Crippen molar-refractivity contribution in [2.24, 2.45) is 0 Å². The molecule has 0 saturated heterocycles. The zero-order chi connectivity index (χ0) is 13.8. The highest BCUT2D eigenvalue weighted by molar-refractivity contribution is 5.89. The highest BCUT2D eigenvalue weighted by atomic mass is 19.1. The number of carboxylic acid groups (broad SMARTS) is 1. The minimum Gasteiger partial charge on any atom is -0.478 e. The van der Waals surface area contributed by atoms with Gasteiger partial charge in [-0.25, -0.2) is 9.18 Å². The van der Waals surface area contributed by atoms with Crippen LogP contribution >= 0.6 is 0 Å². The third-order valence-electron chi connectivity index (χ3n) is 2.68. The maximum Gasteiger partial charge on any atom is 0.337 e. The van der Waals surface area contributed by atoms with E-state index in [2.05, 4.69) is 9.97 Å². The molecule has 0 amide bonds. The van der Waals surface area contributed by atoms with Crippen molar-refractivity contribution in [3.63, 3.8) is 0 Å². The van der Waals surface area contributed by atoms with E-state index in [-0.39, 0.29) is 5.56 Å². The second kappa shape index (κ2) is 5.56. The third-order valence-corrected chi connectivity index (χ3v) is 2.68. The minimum absolute atomic E-state index is 0.202. The van der Waals surface area contributed by atoms with E-state index in [0.29, 0.717) is 23.5 Å². The molecule has 2 heterocycles. The summed E-state index contributed by atoms with van der Waals surface area (Å²) in [5, 5.41) is 9.08. The number of nitrogens with zero attached hydrogens (tertiary/aromatic N) is 2. The van der Waals surface area contributed by atoms with Crippen molar-refractivity contribution < 1.29 is 14.3 Å². The molecule has 5 heteroatoms. The number of carboxylic acids is 1. The predicted molar refractivity (Wildman–Crippen MR) is 68.4 cm³/mol. The van der Waals surface area contributed by atoms with Crippen LogP contribution < -0.4 is 0 Å². The van der Waals surface area contributed by atoms with Gasteiger partial charge in [-0.05, 0) is 30.7 Å².